The maximum atomic E-state index is 5.47. The van der Waals surface area contributed by atoms with E-state index in [9.17, 15) is 0 Å². The first-order chi connectivity index (χ1) is 13.7. The summed E-state index contributed by atoms with van der Waals surface area (Å²) in [5.41, 5.74) is 4.90. The number of ether oxygens (including phenoxy) is 3. The van der Waals surface area contributed by atoms with Crippen molar-refractivity contribution in [2.75, 3.05) is 27.9 Å². The van der Waals surface area contributed by atoms with Crippen LogP contribution in [-0.2, 0) is 19.5 Å². The lowest BCUT2D eigenvalue weighted by Crippen LogP contribution is -2.30. The van der Waals surface area contributed by atoms with Gasteiger partial charge in [-0.2, -0.15) is 0 Å². The Morgan fingerprint density at radius 3 is 2.43 bits per heavy atom. The van der Waals surface area contributed by atoms with Gasteiger partial charge in [-0.25, -0.2) is 4.98 Å². The topological polar surface area (TPSA) is 48.8 Å². The Bertz CT molecular complexity index is 950. The molecule has 1 aliphatic rings. The number of rotatable bonds is 6. The van der Waals surface area contributed by atoms with E-state index < -0.39 is 0 Å². The van der Waals surface area contributed by atoms with Gasteiger partial charge in [0.1, 0.15) is 0 Å². The van der Waals surface area contributed by atoms with Crippen molar-refractivity contribution < 1.29 is 14.2 Å². The number of methoxy groups -OCH3 is 3. The van der Waals surface area contributed by atoms with Gasteiger partial charge in [-0.15, -0.1) is 0 Å². The van der Waals surface area contributed by atoms with Crippen molar-refractivity contribution in [1.29, 1.82) is 0 Å². The molecule has 0 radical (unpaired) electrons. The minimum atomic E-state index is 0.620. The van der Waals surface area contributed by atoms with Gasteiger partial charge in [0, 0.05) is 37.6 Å². The van der Waals surface area contributed by atoms with Crippen molar-refractivity contribution in [3.8, 4) is 23.1 Å². The van der Waals surface area contributed by atoms with Gasteiger partial charge >= 0.3 is 0 Å². The van der Waals surface area contributed by atoms with Crippen LogP contribution in [0.5, 0.6) is 17.4 Å². The molecule has 3 heterocycles. The average Bonchev–Trinajstić information content (AvgIpc) is 3.20. The zero-order chi connectivity index (χ0) is 19.5. The highest BCUT2D eigenvalue weighted by Gasteiger charge is 2.20. The molecular weight excluding hydrogens is 354 g/mol. The predicted molar refractivity (Wildman–Crippen MR) is 107 cm³/mol. The Labute approximate surface area is 165 Å². The van der Waals surface area contributed by atoms with Crippen LogP contribution < -0.4 is 14.2 Å². The smallest absolute Gasteiger partial charge is 0.213 e. The molecule has 0 amide bonds. The lowest BCUT2D eigenvalue weighted by molar-refractivity contribution is 0.240. The first-order valence-corrected chi connectivity index (χ1v) is 9.34. The fourth-order valence-electron chi connectivity index (χ4n) is 3.74. The number of nitrogens with zero attached hydrogens (tertiary/aromatic N) is 3. The molecule has 0 atom stereocenters. The second-order valence-corrected chi connectivity index (χ2v) is 6.86. The molecule has 0 bridgehead atoms. The van der Waals surface area contributed by atoms with Gasteiger partial charge in [0.15, 0.2) is 11.5 Å². The first-order valence-electron chi connectivity index (χ1n) is 9.34. The summed E-state index contributed by atoms with van der Waals surface area (Å²) < 4.78 is 18.2. The maximum Gasteiger partial charge on any atom is 0.213 e. The molecule has 0 saturated heterocycles. The average molecular weight is 379 g/mol. The van der Waals surface area contributed by atoms with E-state index in [1.54, 1.807) is 21.3 Å². The summed E-state index contributed by atoms with van der Waals surface area (Å²) in [6.45, 7) is 2.77. The lowest BCUT2D eigenvalue weighted by Gasteiger charge is -2.29. The van der Waals surface area contributed by atoms with E-state index in [-0.39, 0.29) is 0 Å². The second kappa shape index (κ2) is 7.94. The number of pyridine rings is 1. The van der Waals surface area contributed by atoms with E-state index in [0.29, 0.717) is 5.88 Å². The zero-order valence-corrected chi connectivity index (χ0v) is 16.5. The van der Waals surface area contributed by atoms with E-state index in [0.717, 1.165) is 43.2 Å². The summed E-state index contributed by atoms with van der Waals surface area (Å²) >= 11 is 0. The molecule has 0 saturated carbocycles. The van der Waals surface area contributed by atoms with Crippen LogP contribution in [0, 0.1) is 0 Å². The normalized spacial score (nSPS) is 13.8. The Morgan fingerprint density at radius 2 is 1.75 bits per heavy atom. The number of benzene rings is 1. The van der Waals surface area contributed by atoms with Crippen molar-refractivity contribution in [2.45, 2.75) is 19.5 Å². The van der Waals surface area contributed by atoms with Crippen LogP contribution in [0.3, 0.4) is 0 Å². The Hall–Kier alpha value is -2.99. The summed E-state index contributed by atoms with van der Waals surface area (Å²) in [7, 11) is 4.99. The molecule has 2 aromatic heterocycles. The van der Waals surface area contributed by atoms with Gasteiger partial charge in [0.05, 0.1) is 33.2 Å². The van der Waals surface area contributed by atoms with Gasteiger partial charge in [0.2, 0.25) is 5.88 Å². The summed E-state index contributed by atoms with van der Waals surface area (Å²) in [6.07, 6.45) is 4.91. The zero-order valence-electron chi connectivity index (χ0n) is 16.5. The van der Waals surface area contributed by atoms with E-state index in [1.807, 2.05) is 18.3 Å². The number of hydrogen-bond donors (Lipinski definition) is 0. The fourth-order valence-corrected chi connectivity index (χ4v) is 3.74. The Balaban J connectivity index is 1.53. The van der Waals surface area contributed by atoms with Gasteiger partial charge in [0.25, 0.3) is 0 Å². The maximum absolute atomic E-state index is 5.47. The highest BCUT2D eigenvalue weighted by atomic mass is 16.5. The molecule has 0 spiro atoms. The van der Waals surface area contributed by atoms with Crippen LogP contribution in [0.25, 0.3) is 5.69 Å². The molecule has 1 aromatic carbocycles. The summed E-state index contributed by atoms with van der Waals surface area (Å²) in [4.78, 5) is 6.78. The van der Waals surface area contributed by atoms with Crippen LogP contribution in [0.2, 0.25) is 0 Å². The largest absolute Gasteiger partial charge is 0.493 e. The monoisotopic (exact) mass is 379 g/mol. The van der Waals surface area contributed by atoms with Crippen LogP contribution in [0.1, 0.15) is 16.8 Å². The highest BCUT2D eigenvalue weighted by molar-refractivity contribution is 5.48. The van der Waals surface area contributed by atoms with E-state index in [4.69, 9.17) is 14.2 Å². The second-order valence-electron chi connectivity index (χ2n) is 6.86. The fraction of sp³-hybridized carbons (Fsp3) is 0.318. The molecule has 6 nitrogen and oxygen atoms in total. The molecule has 6 heteroatoms. The summed E-state index contributed by atoms with van der Waals surface area (Å²) in [5.74, 6) is 2.21. The minimum absolute atomic E-state index is 0.620. The number of fused-ring (bicyclic) bond motifs is 1. The van der Waals surface area contributed by atoms with E-state index >= 15 is 0 Å². The molecule has 146 valence electrons. The molecule has 1 aliphatic heterocycles. The molecule has 0 fully saturated rings. The predicted octanol–water partition coefficient (Wildman–Crippen LogP) is 3.46. The minimum Gasteiger partial charge on any atom is -0.493 e. The third kappa shape index (κ3) is 3.55. The highest BCUT2D eigenvalue weighted by Crippen LogP contribution is 2.33. The first kappa shape index (κ1) is 18.4. The van der Waals surface area contributed by atoms with Crippen LogP contribution in [0.4, 0.5) is 0 Å². The van der Waals surface area contributed by atoms with Crippen LogP contribution >= 0.6 is 0 Å². The molecular formula is C22H25N3O3. The van der Waals surface area contributed by atoms with Gasteiger partial charge in [-0.3, -0.25) is 4.90 Å². The number of aromatic nitrogens is 2. The third-order valence-electron chi connectivity index (χ3n) is 5.22. The van der Waals surface area contributed by atoms with Crippen molar-refractivity contribution in [1.82, 2.24) is 14.5 Å². The van der Waals surface area contributed by atoms with E-state index in [1.165, 1.54) is 16.8 Å². The molecule has 3 aromatic rings. The molecule has 0 N–H and O–H groups in total. The molecule has 0 unspecified atom stereocenters. The molecule has 0 aliphatic carbocycles. The van der Waals surface area contributed by atoms with Crippen molar-refractivity contribution in [2.24, 2.45) is 0 Å². The quantitative estimate of drug-likeness (QED) is 0.657. The Kier molecular flexibility index (Phi) is 5.21. The standard InChI is InChI=1S/C22H25N3O3/c1-26-20-11-16-8-10-24(14-17(16)12-21(20)27-2)15-19-5-4-9-25(19)18-6-7-22(28-3)23-13-18/h4-7,9,11-13H,8,10,14-15H2,1-3H3. The third-order valence-corrected chi connectivity index (χ3v) is 5.22. The molecule has 4 rings (SSSR count). The van der Waals surface area contributed by atoms with E-state index in [2.05, 4.69) is 44.9 Å². The summed E-state index contributed by atoms with van der Waals surface area (Å²) in [6, 6.07) is 12.4. The number of hydrogen-bond acceptors (Lipinski definition) is 5. The lowest BCUT2D eigenvalue weighted by atomic mass is 9.98. The van der Waals surface area contributed by atoms with Crippen molar-refractivity contribution in [3.63, 3.8) is 0 Å². The SMILES string of the molecule is COc1ccc(-n2cccc2CN2CCc3cc(OC)c(OC)cc3C2)cn1. The van der Waals surface area contributed by atoms with Gasteiger partial charge in [-0.05, 0) is 47.9 Å². The summed E-state index contributed by atoms with van der Waals surface area (Å²) in [5, 5.41) is 0. The van der Waals surface area contributed by atoms with Crippen LogP contribution in [0.15, 0.2) is 48.8 Å². The van der Waals surface area contributed by atoms with Gasteiger partial charge < -0.3 is 18.8 Å². The molecule has 28 heavy (non-hydrogen) atoms. The van der Waals surface area contributed by atoms with Crippen molar-refractivity contribution in [3.05, 3.63) is 65.6 Å². The van der Waals surface area contributed by atoms with Crippen LogP contribution in [-0.4, -0.2) is 42.3 Å². The Morgan fingerprint density at radius 1 is 0.964 bits per heavy atom. The van der Waals surface area contributed by atoms with Gasteiger partial charge in [-0.1, -0.05) is 0 Å². The van der Waals surface area contributed by atoms with Crippen molar-refractivity contribution >= 4 is 0 Å².